The zero-order chi connectivity index (χ0) is 17.6. The van der Waals surface area contributed by atoms with Gasteiger partial charge in [0.25, 0.3) is 5.91 Å². The van der Waals surface area contributed by atoms with Crippen molar-refractivity contribution < 1.29 is 9.53 Å². The molecule has 0 fully saturated rings. The molecule has 0 aliphatic rings. The van der Waals surface area contributed by atoms with E-state index in [9.17, 15) is 4.79 Å². The summed E-state index contributed by atoms with van der Waals surface area (Å²) in [6.45, 7) is 4.56. The Hall–Kier alpha value is -2.67. The topological polar surface area (TPSA) is 69.0 Å². The summed E-state index contributed by atoms with van der Waals surface area (Å²) in [4.78, 5) is 11.9. The number of nitrogens with zero attached hydrogens (tertiary/aromatic N) is 3. The number of rotatable bonds is 7. The summed E-state index contributed by atoms with van der Waals surface area (Å²) in [6.07, 6.45) is 1.80. The van der Waals surface area contributed by atoms with Gasteiger partial charge in [-0.2, -0.15) is 11.3 Å². The maximum Gasteiger partial charge on any atom is 0.258 e. The number of ether oxygens (including phenoxy) is 1. The molecule has 1 aromatic carbocycles. The summed E-state index contributed by atoms with van der Waals surface area (Å²) in [5.41, 5.74) is 2.90. The average molecular weight is 356 g/mol. The molecule has 1 amide bonds. The van der Waals surface area contributed by atoms with Gasteiger partial charge in [-0.15, -0.1) is 5.10 Å². The predicted molar refractivity (Wildman–Crippen MR) is 97.1 cm³/mol. The zero-order valence-electron chi connectivity index (χ0n) is 14.2. The van der Waals surface area contributed by atoms with E-state index in [4.69, 9.17) is 4.74 Å². The van der Waals surface area contributed by atoms with Crippen LogP contribution in [0.1, 0.15) is 31.0 Å². The molecule has 2 aromatic heterocycles. The Labute approximate surface area is 150 Å². The van der Waals surface area contributed by atoms with Gasteiger partial charge in [0.15, 0.2) is 6.61 Å². The first kappa shape index (κ1) is 17.2. The van der Waals surface area contributed by atoms with E-state index in [1.54, 1.807) is 22.2 Å². The maximum absolute atomic E-state index is 11.9. The number of thiophene rings is 1. The average Bonchev–Trinajstić information content (AvgIpc) is 3.29. The van der Waals surface area contributed by atoms with Crippen LogP contribution in [0.3, 0.4) is 0 Å². The molecule has 0 spiro atoms. The second kappa shape index (κ2) is 7.94. The van der Waals surface area contributed by atoms with Gasteiger partial charge in [-0.3, -0.25) is 4.79 Å². The van der Waals surface area contributed by atoms with Crippen LogP contribution in [0.4, 0.5) is 0 Å². The van der Waals surface area contributed by atoms with Crippen LogP contribution in [0.5, 0.6) is 5.75 Å². The first-order chi connectivity index (χ1) is 12.1. The number of carbonyl (C=O) groups is 1. The molecule has 1 N–H and O–H groups in total. The van der Waals surface area contributed by atoms with E-state index in [1.165, 1.54) is 5.56 Å². The van der Waals surface area contributed by atoms with Crippen LogP contribution < -0.4 is 10.1 Å². The van der Waals surface area contributed by atoms with Crippen molar-refractivity contribution in [2.24, 2.45) is 0 Å². The van der Waals surface area contributed by atoms with Gasteiger partial charge >= 0.3 is 0 Å². The molecule has 2 heterocycles. The zero-order valence-corrected chi connectivity index (χ0v) is 15.0. The number of amides is 1. The van der Waals surface area contributed by atoms with Gasteiger partial charge in [-0.25, -0.2) is 4.68 Å². The summed E-state index contributed by atoms with van der Waals surface area (Å²) < 4.78 is 7.19. The number of benzene rings is 1. The molecule has 25 heavy (non-hydrogen) atoms. The van der Waals surface area contributed by atoms with Crippen molar-refractivity contribution in [3.8, 4) is 11.4 Å². The predicted octanol–water partition coefficient (Wildman–Crippen LogP) is 3.15. The first-order valence-corrected chi connectivity index (χ1v) is 8.99. The van der Waals surface area contributed by atoms with Gasteiger partial charge in [0.05, 0.1) is 18.4 Å². The second-order valence-electron chi connectivity index (χ2n) is 5.93. The molecule has 0 atom stereocenters. The molecular weight excluding hydrogens is 336 g/mol. The Balaban J connectivity index is 1.45. The fourth-order valence-electron chi connectivity index (χ4n) is 2.23. The lowest BCUT2D eigenvalue weighted by Crippen LogP contribution is -2.28. The van der Waals surface area contributed by atoms with Gasteiger partial charge < -0.3 is 10.1 Å². The number of nitrogens with one attached hydrogen (secondary N) is 1. The summed E-state index contributed by atoms with van der Waals surface area (Å²) in [7, 11) is 0. The number of hydrogen-bond donors (Lipinski definition) is 1. The summed E-state index contributed by atoms with van der Waals surface area (Å²) in [6, 6.07) is 9.76. The van der Waals surface area contributed by atoms with Crippen LogP contribution in [-0.2, 0) is 11.3 Å². The van der Waals surface area contributed by atoms with E-state index in [2.05, 4.69) is 29.5 Å². The van der Waals surface area contributed by atoms with E-state index in [1.807, 2.05) is 41.1 Å². The Bertz CT molecular complexity index is 810. The summed E-state index contributed by atoms with van der Waals surface area (Å²) >= 11 is 1.59. The van der Waals surface area contributed by atoms with Crippen LogP contribution in [-0.4, -0.2) is 27.5 Å². The quantitative estimate of drug-likeness (QED) is 0.706. The number of carbonyl (C=O) groups excluding carboxylic acids is 1. The third-order valence-corrected chi connectivity index (χ3v) is 4.37. The molecular formula is C18H20N4O2S. The van der Waals surface area contributed by atoms with E-state index in [0.29, 0.717) is 23.9 Å². The van der Waals surface area contributed by atoms with Crippen LogP contribution in [0.15, 0.2) is 47.3 Å². The fraction of sp³-hybridized carbons (Fsp3) is 0.278. The van der Waals surface area contributed by atoms with Gasteiger partial charge in [0, 0.05) is 5.38 Å². The highest BCUT2D eigenvalue weighted by Gasteiger charge is 2.07. The molecule has 3 rings (SSSR count). The lowest BCUT2D eigenvalue weighted by molar-refractivity contribution is -0.123. The summed E-state index contributed by atoms with van der Waals surface area (Å²) in [5, 5.41) is 14.8. The maximum atomic E-state index is 11.9. The Morgan fingerprint density at radius 2 is 2.08 bits per heavy atom. The minimum atomic E-state index is -0.196. The number of aromatic nitrogens is 3. The van der Waals surface area contributed by atoms with Crippen molar-refractivity contribution in [2.45, 2.75) is 26.3 Å². The molecule has 0 saturated carbocycles. The lowest BCUT2D eigenvalue weighted by atomic mass is 10.0. The van der Waals surface area contributed by atoms with Crippen molar-refractivity contribution in [3.63, 3.8) is 0 Å². The second-order valence-corrected chi connectivity index (χ2v) is 6.71. The van der Waals surface area contributed by atoms with Gasteiger partial charge in [0.2, 0.25) is 0 Å². The SMILES string of the molecule is CC(C)c1ccc(OCC(=O)NCc2cn(-c3ccsc3)nn2)cc1. The minimum Gasteiger partial charge on any atom is -0.484 e. The molecule has 130 valence electrons. The molecule has 7 heteroatoms. The monoisotopic (exact) mass is 356 g/mol. The molecule has 0 unspecified atom stereocenters. The van der Waals surface area contributed by atoms with Crippen molar-refractivity contribution in [3.05, 3.63) is 58.5 Å². The van der Waals surface area contributed by atoms with Crippen molar-refractivity contribution in [2.75, 3.05) is 6.61 Å². The number of hydrogen-bond acceptors (Lipinski definition) is 5. The van der Waals surface area contributed by atoms with E-state index >= 15 is 0 Å². The molecule has 0 radical (unpaired) electrons. The van der Waals surface area contributed by atoms with E-state index in [-0.39, 0.29) is 12.5 Å². The van der Waals surface area contributed by atoms with Gasteiger partial charge in [0.1, 0.15) is 11.4 Å². The Morgan fingerprint density at radius 1 is 1.28 bits per heavy atom. The van der Waals surface area contributed by atoms with Crippen LogP contribution in [0, 0.1) is 0 Å². The molecule has 0 bridgehead atoms. The Morgan fingerprint density at radius 3 is 2.76 bits per heavy atom. The molecule has 3 aromatic rings. The van der Waals surface area contributed by atoms with Crippen LogP contribution in [0.25, 0.3) is 5.69 Å². The molecule has 6 nitrogen and oxygen atoms in total. The molecule has 0 aliphatic carbocycles. The smallest absolute Gasteiger partial charge is 0.258 e. The first-order valence-electron chi connectivity index (χ1n) is 8.05. The minimum absolute atomic E-state index is 0.0281. The molecule has 0 saturated heterocycles. The fourth-order valence-corrected chi connectivity index (χ4v) is 2.85. The highest BCUT2D eigenvalue weighted by atomic mass is 32.1. The van der Waals surface area contributed by atoms with E-state index < -0.39 is 0 Å². The summed E-state index contributed by atoms with van der Waals surface area (Å²) in [5.74, 6) is 0.959. The third kappa shape index (κ3) is 4.67. The van der Waals surface area contributed by atoms with E-state index in [0.717, 1.165) is 5.69 Å². The standard InChI is InChI=1S/C18H20N4O2S/c1-13(2)14-3-5-17(6-4-14)24-11-18(23)19-9-15-10-22(21-20-15)16-7-8-25-12-16/h3-8,10,12-13H,9,11H2,1-2H3,(H,19,23). The Kier molecular flexibility index (Phi) is 5.45. The van der Waals surface area contributed by atoms with Crippen molar-refractivity contribution in [1.82, 2.24) is 20.3 Å². The van der Waals surface area contributed by atoms with Crippen LogP contribution >= 0.6 is 11.3 Å². The van der Waals surface area contributed by atoms with Crippen molar-refractivity contribution >= 4 is 17.2 Å². The third-order valence-electron chi connectivity index (χ3n) is 3.69. The largest absolute Gasteiger partial charge is 0.484 e. The highest BCUT2D eigenvalue weighted by Crippen LogP contribution is 2.18. The van der Waals surface area contributed by atoms with Gasteiger partial charge in [-0.05, 0) is 35.1 Å². The van der Waals surface area contributed by atoms with Crippen LogP contribution in [0.2, 0.25) is 0 Å². The normalized spacial score (nSPS) is 10.8. The highest BCUT2D eigenvalue weighted by molar-refractivity contribution is 7.08. The molecule has 0 aliphatic heterocycles. The van der Waals surface area contributed by atoms with Gasteiger partial charge in [-0.1, -0.05) is 31.2 Å². The van der Waals surface area contributed by atoms with Crippen molar-refractivity contribution in [1.29, 1.82) is 0 Å². The lowest BCUT2D eigenvalue weighted by Gasteiger charge is -2.09.